The monoisotopic (exact) mass is 261 g/mol. The van der Waals surface area contributed by atoms with Crippen LogP contribution in [0, 0.1) is 13.8 Å². The molecule has 1 unspecified atom stereocenters. The van der Waals surface area contributed by atoms with E-state index >= 15 is 0 Å². The Bertz CT molecular complexity index is 532. The number of ether oxygens (including phenoxy) is 1. The molecule has 2 rings (SSSR count). The highest BCUT2D eigenvalue weighted by Gasteiger charge is 2.17. The van der Waals surface area contributed by atoms with Crippen LogP contribution in [0.2, 0.25) is 0 Å². The molecule has 0 aliphatic heterocycles. The van der Waals surface area contributed by atoms with E-state index in [9.17, 15) is 0 Å². The maximum Gasteiger partial charge on any atom is 0.169 e. The zero-order valence-electron chi connectivity index (χ0n) is 11.7. The van der Waals surface area contributed by atoms with Crippen molar-refractivity contribution in [1.29, 1.82) is 0 Å². The minimum Gasteiger partial charge on any atom is -0.490 e. The minimum atomic E-state index is 0.0559. The maximum atomic E-state index is 5.55. The van der Waals surface area contributed by atoms with Crippen molar-refractivity contribution in [3.8, 4) is 5.75 Å². The third-order valence-corrected chi connectivity index (χ3v) is 2.95. The van der Waals surface area contributed by atoms with Gasteiger partial charge in [-0.3, -0.25) is 0 Å². The van der Waals surface area contributed by atoms with Gasteiger partial charge in [-0.2, -0.15) is 0 Å². The summed E-state index contributed by atoms with van der Waals surface area (Å²) >= 11 is 0. The molecular weight excluding hydrogens is 242 g/mol. The topological polar surface area (TPSA) is 60.2 Å². The highest BCUT2D eigenvalue weighted by molar-refractivity contribution is 5.51. The number of nitrogens with zero attached hydrogens (tertiary/aromatic N) is 2. The molecule has 5 heteroatoms. The molecule has 2 heterocycles. The average Bonchev–Trinajstić information content (AvgIpc) is 2.72. The van der Waals surface area contributed by atoms with E-state index in [2.05, 4.69) is 22.4 Å². The molecule has 19 heavy (non-hydrogen) atoms. The van der Waals surface area contributed by atoms with Crippen LogP contribution in [-0.4, -0.2) is 16.7 Å². The van der Waals surface area contributed by atoms with E-state index in [1.807, 2.05) is 32.9 Å². The van der Waals surface area contributed by atoms with Gasteiger partial charge >= 0.3 is 0 Å². The van der Waals surface area contributed by atoms with Crippen molar-refractivity contribution < 1.29 is 9.26 Å². The summed E-state index contributed by atoms with van der Waals surface area (Å²) in [6.07, 6.45) is 1.74. The Morgan fingerprint density at radius 1 is 1.42 bits per heavy atom. The number of pyridine rings is 1. The summed E-state index contributed by atoms with van der Waals surface area (Å²) in [4.78, 5) is 4.32. The fourth-order valence-electron chi connectivity index (χ4n) is 2.16. The number of anilines is 1. The lowest BCUT2D eigenvalue weighted by Gasteiger charge is -2.16. The van der Waals surface area contributed by atoms with Gasteiger partial charge in [0.05, 0.1) is 18.3 Å². The van der Waals surface area contributed by atoms with Crippen LogP contribution < -0.4 is 10.1 Å². The molecule has 1 atom stereocenters. The Balaban J connectivity index is 2.22. The van der Waals surface area contributed by atoms with Crippen LogP contribution in [0.15, 0.2) is 22.9 Å². The van der Waals surface area contributed by atoms with Crippen molar-refractivity contribution >= 4 is 5.82 Å². The van der Waals surface area contributed by atoms with Gasteiger partial charge in [0.25, 0.3) is 0 Å². The normalized spacial score (nSPS) is 12.2. The van der Waals surface area contributed by atoms with Gasteiger partial charge in [-0.05, 0) is 39.8 Å². The quantitative estimate of drug-likeness (QED) is 0.895. The molecule has 0 aromatic carbocycles. The lowest BCUT2D eigenvalue weighted by Crippen LogP contribution is -2.11. The molecule has 0 radical (unpaired) electrons. The summed E-state index contributed by atoms with van der Waals surface area (Å²) in [5.41, 5.74) is 1.96. The van der Waals surface area contributed by atoms with Crippen LogP contribution in [0.25, 0.3) is 0 Å². The minimum absolute atomic E-state index is 0.0559. The Kier molecular flexibility index (Phi) is 4.04. The van der Waals surface area contributed by atoms with Gasteiger partial charge in [-0.1, -0.05) is 5.16 Å². The SMILES string of the molecule is CCOc1cccnc1NC(C)c1c(C)noc1C. The van der Waals surface area contributed by atoms with Gasteiger partial charge in [0, 0.05) is 11.8 Å². The van der Waals surface area contributed by atoms with Crippen molar-refractivity contribution in [2.24, 2.45) is 0 Å². The predicted octanol–water partition coefficient (Wildman–Crippen LogP) is 3.26. The zero-order chi connectivity index (χ0) is 13.8. The molecule has 5 nitrogen and oxygen atoms in total. The fourth-order valence-corrected chi connectivity index (χ4v) is 2.16. The highest BCUT2D eigenvalue weighted by atomic mass is 16.5. The van der Waals surface area contributed by atoms with Crippen LogP contribution in [0.3, 0.4) is 0 Å². The largest absolute Gasteiger partial charge is 0.490 e. The first-order valence-electron chi connectivity index (χ1n) is 6.40. The molecule has 0 bridgehead atoms. The van der Waals surface area contributed by atoms with Crippen molar-refractivity contribution in [3.05, 3.63) is 35.3 Å². The van der Waals surface area contributed by atoms with E-state index in [1.54, 1.807) is 6.20 Å². The summed E-state index contributed by atoms with van der Waals surface area (Å²) in [6, 6.07) is 3.82. The number of nitrogens with one attached hydrogen (secondary N) is 1. The molecule has 0 saturated heterocycles. The van der Waals surface area contributed by atoms with Crippen molar-refractivity contribution in [2.75, 3.05) is 11.9 Å². The van der Waals surface area contributed by atoms with E-state index in [0.717, 1.165) is 28.6 Å². The number of aromatic nitrogens is 2. The zero-order valence-corrected chi connectivity index (χ0v) is 11.7. The molecule has 2 aromatic rings. The second kappa shape index (κ2) is 5.73. The lowest BCUT2D eigenvalue weighted by molar-refractivity contribution is 0.340. The van der Waals surface area contributed by atoms with Crippen molar-refractivity contribution in [2.45, 2.75) is 33.7 Å². The first-order chi connectivity index (χ1) is 9.13. The second-order valence-corrected chi connectivity index (χ2v) is 4.39. The molecular formula is C14H19N3O2. The van der Waals surface area contributed by atoms with Crippen LogP contribution in [-0.2, 0) is 0 Å². The number of hydrogen-bond donors (Lipinski definition) is 1. The number of rotatable bonds is 5. The van der Waals surface area contributed by atoms with Crippen LogP contribution in [0.4, 0.5) is 5.82 Å². The van der Waals surface area contributed by atoms with E-state index in [0.29, 0.717) is 6.61 Å². The summed E-state index contributed by atoms with van der Waals surface area (Å²) in [5, 5.41) is 7.31. The summed E-state index contributed by atoms with van der Waals surface area (Å²) < 4.78 is 10.7. The van der Waals surface area contributed by atoms with Gasteiger partial charge in [0.2, 0.25) is 0 Å². The molecule has 0 amide bonds. The number of aryl methyl sites for hydroxylation is 2. The van der Waals surface area contributed by atoms with E-state index < -0.39 is 0 Å². The Morgan fingerprint density at radius 3 is 2.84 bits per heavy atom. The van der Waals surface area contributed by atoms with Gasteiger partial charge in [0.1, 0.15) is 5.76 Å². The van der Waals surface area contributed by atoms with Gasteiger partial charge < -0.3 is 14.6 Å². The molecule has 2 aromatic heterocycles. The molecule has 0 aliphatic carbocycles. The van der Waals surface area contributed by atoms with Gasteiger partial charge in [-0.25, -0.2) is 4.98 Å². The predicted molar refractivity (Wildman–Crippen MR) is 73.4 cm³/mol. The summed E-state index contributed by atoms with van der Waals surface area (Å²) in [7, 11) is 0. The van der Waals surface area contributed by atoms with Crippen LogP contribution in [0.1, 0.15) is 36.9 Å². The molecule has 102 valence electrons. The third-order valence-electron chi connectivity index (χ3n) is 2.95. The van der Waals surface area contributed by atoms with Gasteiger partial charge in [-0.15, -0.1) is 0 Å². The molecule has 0 saturated carbocycles. The molecule has 0 fully saturated rings. The second-order valence-electron chi connectivity index (χ2n) is 4.39. The highest BCUT2D eigenvalue weighted by Crippen LogP contribution is 2.28. The summed E-state index contributed by atoms with van der Waals surface area (Å²) in [6.45, 7) is 8.47. The average molecular weight is 261 g/mol. The fraction of sp³-hybridized carbons (Fsp3) is 0.429. The van der Waals surface area contributed by atoms with Crippen molar-refractivity contribution in [3.63, 3.8) is 0 Å². The molecule has 0 spiro atoms. The van der Waals surface area contributed by atoms with Crippen molar-refractivity contribution in [1.82, 2.24) is 10.1 Å². The van der Waals surface area contributed by atoms with Gasteiger partial charge in [0.15, 0.2) is 11.6 Å². The van der Waals surface area contributed by atoms with E-state index in [1.165, 1.54) is 0 Å². The van der Waals surface area contributed by atoms with E-state index in [-0.39, 0.29) is 6.04 Å². The lowest BCUT2D eigenvalue weighted by atomic mass is 10.1. The Labute approximate surface area is 113 Å². The third kappa shape index (κ3) is 2.86. The Morgan fingerprint density at radius 2 is 2.21 bits per heavy atom. The molecule has 0 aliphatic rings. The van der Waals surface area contributed by atoms with E-state index in [4.69, 9.17) is 9.26 Å². The number of hydrogen-bond acceptors (Lipinski definition) is 5. The van der Waals surface area contributed by atoms with Crippen LogP contribution in [0.5, 0.6) is 5.75 Å². The maximum absolute atomic E-state index is 5.55. The Hall–Kier alpha value is -2.04. The smallest absolute Gasteiger partial charge is 0.169 e. The molecule has 1 N–H and O–H groups in total. The van der Waals surface area contributed by atoms with Crippen LogP contribution >= 0.6 is 0 Å². The summed E-state index contributed by atoms with van der Waals surface area (Å²) in [5.74, 6) is 2.31. The first kappa shape index (κ1) is 13.4. The standard InChI is InChI=1S/C14H19N3O2/c1-5-18-12-7-6-8-15-14(12)16-9(2)13-10(3)17-19-11(13)4/h6-9H,5H2,1-4H3,(H,15,16). The first-order valence-corrected chi connectivity index (χ1v) is 6.40.